The Bertz CT molecular complexity index is 420. The van der Waals surface area contributed by atoms with Gasteiger partial charge in [0.15, 0.2) is 18.1 Å². The summed E-state index contributed by atoms with van der Waals surface area (Å²) in [6, 6.07) is 7.25. The van der Waals surface area contributed by atoms with Crippen LogP contribution in [0.3, 0.4) is 0 Å². The van der Waals surface area contributed by atoms with Crippen LogP contribution in [0.5, 0.6) is 11.5 Å². The third-order valence-corrected chi connectivity index (χ3v) is 2.27. The zero-order chi connectivity index (χ0) is 13.4. The van der Waals surface area contributed by atoms with E-state index in [2.05, 4.69) is 27.8 Å². The van der Waals surface area contributed by atoms with Crippen LogP contribution >= 0.6 is 15.9 Å². The Hall–Kier alpha value is -1.49. The van der Waals surface area contributed by atoms with Crippen LogP contribution in [-0.4, -0.2) is 25.7 Å². The predicted molar refractivity (Wildman–Crippen MR) is 74.2 cm³/mol. The lowest BCUT2D eigenvalue weighted by Crippen LogP contribution is -2.29. The summed E-state index contributed by atoms with van der Waals surface area (Å²) in [5.41, 5.74) is 0. The van der Waals surface area contributed by atoms with Crippen molar-refractivity contribution in [2.24, 2.45) is 0 Å². The number of benzene rings is 1. The molecule has 1 rings (SSSR count). The normalized spacial score (nSPS) is 9.67. The minimum atomic E-state index is -0.207. The lowest BCUT2D eigenvalue weighted by atomic mass is 10.3. The van der Waals surface area contributed by atoms with E-state index >= 15 is 0 Å². The van der Waals surface area contributed by atoms with Gasteiger partial charge in [-0.2, -0.15) is 0 Å². The Kier molecular flexibility index (Phi) is 6.28. The molecule has 0 heterocycles. The van der Waals surface area contributed by atoms with E-state index in [0.717, 1.165) is 0 Å². The number of hydrogen-bond acceptors (Lipinski definition) is 3. The Balaban J connectivity index is 2.47. The standard InChI is InChI=1S/C13H16BrNO3/c1-3-17-11-6-4-5-7-12(11)18-9-13(16)15-8-10(2)14/h4-7H,2-3,8-9H2,1H3,(H,15,16). The van der Waals surface area contributed by atoms with Gasteiger partial charge in [0, 0.05) is 11.0 Å². The molecule has 0 aliphatic rings. The molecule has 4 nitrogen and oxygen atoms in total. The van der Waals surface area contributed by atoms with Gasteiger partial charge in [-0.3, -0.25) is 4.79 Å². The Morgan fingerprint density at radius 1 is 1.33 bits per heavy atom. The topological polar surface area (TPSA) is 47.6 Å². The lowest BCUT2D eigenvalue weighted by molar-refractivity contribution is -0.122. The molecule has 0 saturated heterocycles. The zero-order valence-electron chi connectivity index (χ0n) is 10.2. The number of rotatable bonds is 7. The van der Waals surface area contributed by atoms with Crippen LogP contribution in [0.4, 0.5) is 0 Å². The molecule has 0 atom stereocenters. The zero-order valence-corrected chi connectivity index (χ0v) is 11.8. The van der Waals surface area contributed by atoms with Gasteiger partial charge in [-0.15, -0.1) is 0 Å². The molecular formula is C13H16BrNO3. The maximum Gasteiger partial charge on any atom is 0.258 e. The number of carbonyl (C=O) groups excluding carboxylic acids is 1. The second-order valence-corrected chi connectivity index (χ2v) is 4.58. The first-order valence-electron chi connectivity index (χ1n) is 5.58. The SMILES string of the molecule is C=C(Br)CNC(=O)COc1ccccc1OCC. The maximum atomic E-state index is 11.5. The third kappa shape index (κ3) is 5.23. The summed E-state index contributed by atoms with van der Waals surface area (Å²) in [6.45, 7) is 6.40. The fourth-order valence-corrected chi connectivity index (χ4v) is 1.37. The maximum absolute atomic E-state index is 11.5. The number of hydrogen-bond donors (Lipinski definition) is 1. The summed E-state index contributed by atoms with van der Waals surface area (Å²) in [4.78, 5) is 11.5. The molecule has 1 amide bonds. The predicted octanol–water partition coefficient (Wildman–Crippen LogP) is 2.49. The highest BCUT2D eigenvalue weighted by molar-refractivity contribution is 9.11. The van der Waals surface area contributed by atoms with Crippen molar-refractivity contribution in [3.8, 4) is 11.5 Å². The number of ether oxygens (including phenoxy) is 2. The number of nitrogens with one attached hydrogen (secondary N) is 1. The van der Waals surface area contributed by atoms with Gasteiger partial charge in [0.1, 0.15) is 0 Å². The second-order valence-electron chi connectivity index (χ2n) is 3.46. The summed E-state index contributed by atoms with van der Waals surface area (Å²) in [5.74, 6) is 0.992. The van der Waals surface area contributed by atoms with E-state index in [1.807, 2.05) is 19.1 Å². The molecule has 0 saturated carbocycles. The molecule has 18 heavy (non-hydrogen) atoms. The van der Waals surface area contributed by atoms with Gasteiger partial charge in [-0.25, -0.2) is 0 Å². The van der Waals surface area contributed by atoms with Crippen LogP contribution in [0.15, 0.2) is 35.3 Å². The summed E-state index contributed by atoms with van der Waals surface area (Å²) < 4.78 is 11.5. The lowest BCUT2D eigenvalue weighted by Gasteiger charge is -2.11. The first-order valence-corrected chi connectivity index (χ1v) is 6.37. The van der Waals surface area contributed by atoms with Crippen molar-refractivity contribution in [3.05, 3.63) is 35.3 Å². The minimum Gasteiger partial charge on any atom is -0.490 e. The number of carbonyl (C=O) groups is 1. The molecule has 0 radical (unpaired) electrons. The third-order valence-electron chi connectivity index (χ3n) is 1.99. The summed E-state index contributed by atoms with van der Waals surface area (Å²) >= 11 is 3.16. The molecule has 0 bridgehead atoms. The van der Waals surface area contributed by atoms with Crippen molar-refractivity contribution in [1.82, 2.24) is 5.32 Å². The van der Waals surface area contributed by atoms with E-state index in [1.54, 1.807) is 12.1 Å². The van der Waals surface area contributed by atoms with E-state index in [1.165, 1.54) is 0 Å². The molecule has 5 heteroatoms. The average Bonchev–Trinajstić information content (AvgIpc) is 2.35. The first kappa shape index (κ1) is 14.6. The van der Waals surface area contributed by atoms with E-state index < -0.39 is 0 Å². The van der Waals surface area contributed by atoms with Crippen molar-refractivity contribution in [1.29, 1.82) is 0 Å². The molecular weight excluding hydrogens is 298 g/mol. The molecule has 0 aliphatic heterocycles. The minimum absolute atomic E-state index is 0.0512. The van der Waals surface area contributed by atoms with Crippen molar-refractivity contribution in [3.63, 3.8) is 0 Å². The van der Waals surface area contributed by atoms with E-state index in [4.69, 9.17) is 9.47 Å². The van der Waals surface area contributed by atoms with Crippen LogP contribution in [0.25, 0.3) is 0 Å². The van der Waals surface area contributed by atoms with Crippen molar-refractivity contribution >= 4 is 21.8 Å². The van der Waals surface area contributed by atoms with Gasteiger partial charge >= 0.3 is 0 Å². The molecule has 1 aromatic rings. The Morgan fingerprint density at radius 3 is 2.50 bits per heavy atom. The molecule has 0 unspecified atom stereocenters. The van der Waals surface area contributed by atoms with E-state index in [0.29, 0.717) is 29.1 Å². The molecule has 0 aliphatic carbocycles. The van der Waals surface area contributed by atoms with Crippen LogP contribution in [0, 0.1) is 0 Å². The fraction of sp³-hybridized carbons (Fsp3) is 0.308. The van der Waals surface area contributed by atoms with Crippen molar-refractivity contribution < 1.29 is 14.3 Å². The van der Waals surface area contributed by atoms with Gasteiger partial charge in [-0.1, -0.05) is 34.6 Å². The Labute approximate surface area is 115 Å². The monoisotopic (exact) mass is 313 g/mol. The molecule has 1 N–H and O–H groups in total. The highest BCUT2D eigenvalue weighted by atomic mass is 79.9. The van der Waals surface area contributed by atoms with E-state index in [9.17, 15) is 4.79 Å². The fourth-order valence-electron chi connectivity index (χ4n) is 1.23. The van der Waals surface area contributed by atoms with Gasteiger partial charge in [0.05, 0.1) is 6.61 Å². The van der Waals surface area contributed by atoms with Crippen LogP contribution < -0.4 is 14.8 Å². The second kappa shape index (κ2) is 7.76. The van der Waals surface area contributed by atoms with Crippen LogP contribution in [0.1, 0.15) is 6.92 Å². The van der Waals surface area contributed by atoms with Gasteiger partial charge < -0.3 is 14.8 Å². The number of para-hydroxylation sites is 2. The number of halogens is 1. The largest absolute Gasteiger partial charge is 0.490 e. The van der Waals surface area contributed by atoms with Crippen LogP contribution in [0.2, 0.25) is 0 Å². The van der Waals surface area contributed by atoms with Gasteiger partial charge in [0.25, 0.3) is 5.91 Å². The molecule has 0 aromatic heterocycles. The van der Waals surface area contributed by atoms with Crippen LogP contribution in [-0.2, 0) is 4.79 Å². The van der Waals surface area contributed by atoms with Crippen molar-refractivity contribution in [2.45, 2.75) is 6.92 Å². The molecule has 0 spiro atoms. The van der Waals surface area contributed by atoms with Crippen molar-refractivity contribution in [2.75, 3.05) is 19.8 Å². The first-order chi connectivity index (χ1) is 8.63. The molecule has 1 aromatic carbocycles. The Morgan fingerprint density at radius 2 is 1.94 bits per heavy atom. The highest BCUT2D eigenvalue weighted by Crippen LogP contribution is 2.26. The molecule has 98 valence electrons. The number of amides is 1. The van der Waals surface area contributed by atoms with Gasteiger partial charge in [-0.05, 0) is 19.1 Å². The average molecular weight is 314 g/mol. The smallest absolute Gasteiger partial charge is 0.258 e. The molecule has 0 fully saturated rings. The van der Waals surface area contributed by atoms with E-state index in [-0.39, 0.29) is 12.5 Å². The quantitative estimate of drug-likeness (QED) is 0.841. The summed E-state index contributed by atoms with van der Waals surface area (Å²) in [7, 11) is 0. The highest BCUT2D eigenvalue weighted by Gasteiger charge is 2.06. The summed E-state index contributed by atoms with van der Waals surface area (Å²) in [5, 5.41) is 2.65. The van der Waals surface area contributed by atoms with Gasteiger partial charge in [0.2, 0.25) is 0 Å². The summed E-state index contributed by atoms with van der Waals surface area (Å²) in [6.07, 6.45) is 0.